The highest BCUT2D eigenvalue weighted by atomic mass is 32.1. The van der Waals surface area contributed by atoms with Crippen LogP contribution in [0, 0.1) is 0 Å². The molecule has 0 aliphatic carbocycles. The van der Waals surface area contributed by atoms with Crippen LogP contribution in [0.2, 0.25) is 0 Å². The Kier molecular flexibility index (Phi) is 4.00. The lowest BCUT2D eigenvalue weighted by Crippen LogP contribution is -2.35. The summed E-state index contributed by atoms with van der Waals surface area (Å²) in [5.41, 5.74) is 0.636. The fourth-order valence-corrected chi connectivity index (χ4v) is 0.929. The van der Waals surface area contributed by atoms with Crippen LogP contribution in [0.25, 0.3) is 0 Å². The van der Waals surface area contributed by atoms with Crippen LogP contribution in [-0.4, -0.2) is 17.7 Å². The summed E-state index contributed by atoms with van der Waals surface area (Å²) in [5.74, 6) is -0.441. The molecule has 5 heteroatoms. The van der Waals surface area contributed by atoms with Crippen molar-refractivity contribution in [3.05, 3.63) is 30.3 Å². The first kappa shape index (κ1) is 10.6. The molecule has 2 N–H and O–H groups in total. The number of nitrogens with one attached hydrogen (secondary N) is 2. The summed E-state index contributed by atoms with van der Waals surface area (Å²) in [7, 11) is 0. The summed E-state index contributed by atoms with van der Waals surface area (Å²) in [4.78, 5) is 21.9. The number of hydrogen-bond acceptors (Lipinski definition) is 3. The number of urea groups is 1. The molecule has 3 amide bonds. The zero-order chi connectivity index (χ0) is 10.4. The predicted molar refractivity (Wildman–Crippen MR) is 57.5 cm³/mol. The van der Waals surface area contributed by atoms with Crippen LogP contribution in [-0.2, 0) is 4.79 Å². The number of rotatable bonds is 2. The average Bonchev–Trinajstić information content (AvgIpc) is 2.19. The van der Waals surface area contributed by atoms with E-state index in [4.69, 9.17) is 0 Å². The van der Waals surface area contributed by atoms with Gasteiger partial charge in [-0.3, -0.25) is 10.1 Å². The van der Waals surface area contributed by atoms with Crippen LogP contribution in [0.4, 0.5) is 10.5 Å². The van der Waals surface area contributed by atoms with Crippen LogP contribution in [0.5, 0.6) is 0 Å². The number of para-hydroxylation sites is 1. The van der Waals surface area contributed by atoms with Gasteiger partial charge in [0.1, 0.15) is 0 Å². The summed E-state index contributed by atoms with van der Waals surface area (Å²) in [6.45, 7) is 0. The summed E-state index contributed by atoms with van der Waals surface area (Å²) >= 11 is 3.72. The van der Waals surface area contributed by atoms with Crippen molar-refractivity contribution >= 4 is 30.3 Å². The van der Waals surface area contributed by atoms with Gasteiger partial charge in [-0.2, -0.15) is 12.6 Å². The SMILES string of the molecule is O=C(CS)NC(=O)Nc1ccccc1. The fraction of sp³-hybridized carbons (Fsp3) is 0.111. The number of benzene rings is 1. The van der Waals surface area contributed by atoms with Gasteiger partial charge in [0.05, 0.1) is 5.75 Å². The third kappa shape index (κ3) is 3.49. The van der Waals surface area contributed by atoms with Crippen LogP contribution >= 0.6 is 12.6 Å². The highest BCUT2D eigenvalue weighted by molar-refractivity contribution is 7.81. The molecule has 0 unspecified atom stereocenters. The maximum absolute atomic E-state index is 11.1. The minimum absolute atomic E-state index is 0.0117. The van der Waals surface area contributed by atoms with Crippen LogP contribution in [0.15, 0.2) is 30.3 Å². The molecule has 0 fully saturated rings. The molecular formula is C9H10N2O2S. The number of hydrogen-bond donors (Lipinski definition) is 3. The van der Waals surface area contributed by atoms with E-state index >= 15 is 0 Å². The molecule has 0 aliphatic rings. The molecular weight excluding hydrogens is 200 g/mol. The highest BCUT2D eigenvalue weighted by Crippen LogP contribution is 2.03. The molecule has 0 aliphatic heterocycles. The summed E-state index contributed by atoms with van der Waals surface area (Å²) in [6, 6.07) is 8.32. The molecule has 0 saturated carbocycles. The largest absolute Gasteiger partial charge is 0.325 e. The van der Waals surface area contributed by atoms with E-state index in [1.807, 2.05) is 6.07 Å². The van der Waals surface area contributed by atoms with Gasteiger partial charge in [0.25, 0.3) is 0 Å². The smallest absolute Gasteiger partial charge is 0.308 e. The maximum atomic E-state index is 11.1. The number of carbonyl (C=O) groups is 2. The lowest BCUT2D eigenvalue weighted by atomic mass is 10.3. The van der Waals surface area contributed by atoms with Crippen molar-refractivity contribution in [1.29, 1.82) is 0 Å². The molecule has 1 rings (SSSR count). The van der Waals surface area contributed by atoms with E-state index in [9.17, 15) is 9.59 Å². The Morgan fingerprint density at radius 3 is 2.43 bits per heavy atom. The van der Waals surface area contributed by atoms with Gasteiger partial charge < -0.3 is 5.32 Å². The molecule has 0 spiro atoms. The molecule has 14 heavy (non-hydrogen) atoms. The van der Waals surface area contributed by atoms with Crippen molar-refractivity contribution < 1.29 is 9.59 Å². The Bertz CT molecular complexity index is 327. The molecule has 1 aromatic rings. The lowest BCUT2D eigenvalue weighted by molar-refractivity contribution is -0.117. The van der Waals surface area contributed by atoms with Gasteiger partial charge in [-0.05, 0) is 12.1 Å². The van der Waals surface area contributed by atoms with E-state index in [2.05, 4.69) is 23.3 Å². The Hall–Kier alpha value is -1.49. The third-order valence-corrected chi connectivity index (χ3v) is 1.72. The number of amides is 3. The van der Waals surface area contributed by atoms with Crippen molar-refractivity contribution in [2.24, 2.45) is 0 Å². The Morgan fingerprint density at radius 1 is 1.21 bits per heavy atom. The second-order valence-corrected chi connectivity index (χ2v) is 2.84. The van der Waals surface area contributed by atoms with Gasteiger partial charge in [0.2, 0.25) is 5.91 Å². The average molecular weight is 210 g/mol. The lowest BCUT2D eigenvalue weighted by Gasteiger charge is -2.04. The van der Waals surface area contributed by atoms with Crippen molar-refractivity contribution in [3.8, 4) is 0 Å². The number of anilines is 1. The van der Waals surface area contributed by atoms with E-state index in [1.54, 1.807) is 24.3 Å². The van der Waals surface area contributed by atoms with Gasteiger partial charge in [-0.25, -0.2) is 4.79 Å². The van der Waals surface area contributed by atoms with E-state index in [0.717, 1.165) is 0 Å². The second kappa shape index (κ2) is 5.29. The van der Waals surface area contributed by atoms with E-state index in [0.29, 0.717) is 5.69 Å². The molecule has 74 valence electrons. The van der Waals surface area contributed by atoms with E-state index < -0.39 is 11.9 Å². The van der Waals surface area contributed by atoms with Gasteiger partial charge in [0.15, 0.2) is 0 Å². The van der Waals surface area contributed by atoms with Crippen molar-refractivity contribution in [2.75, 3.05) is 11.1 Å². The monoisotopic (exact) mass is 210 g/mol. The standard InChI is InChI=1S/C9H10N2O2S/c12-8(6-14)11-9(13)10-7-4-2-1-3-5-7/h1-5,14H,6H2,(H2,10,11,12,13). The fourth-order valence-electron chi connectivity index (χ4n) is 0.850. The molecule has 0 heterocycles. The predicted octanol–water partition coefficient (Wildman–Crippen LogP) is 1.26. The molecule has 0 radical (unpaired) electrons. The molecule has 4 nitrogen and oxygen atoms in total. The Labute approximate surface area is 87.1 Å². The van der Waals surface area contributed by atoms with Gasteiger partial charge in [0, 0.05) is 5.69 Å². The summed E-state index contributed by atoms with van der Waals surface area (Å²) in [5, 5.41) is 4.62. The van der Waals surface area contributed by atoms with E-state index in [-0.39, 0.29) is 5.75 Å². The summed E-state index contributed by atoms with van der Waals surface area (Å²) < 4.78 is 0. The normalized spacial score (nSPS) is 9.21. The van der Waals surface area contributed by atoms with Crippen LogP contribution in [0.3, 0.4) is 0 Å². The topological polar surface area (TPSA) is 58.2 Å². The quantitative estimate of drug-likeness (QED) is 0.644. The van der Waals surface area contributed by atoms with Crippen molar-refractivity contribution in [3.63, 3.8) is 0 Å². The van der Waals surface area contributed by atoms with Crippen molar-refractivity contribution in [2.45, 2.75) is 0 Å². The maximum Gasteiger partial charge on any atom is 0.325 e. The first-order valence-corrected chi connectivity index (χ1v) is 4.62. The first-order valence-electron chi connectivity index (χ1n) is 3.99. The van der Waals surface area contributed by atoms with E-state index in [1.165, 1.54) is 0 Å². The minimum atomic E-state index is -0.546. The van der Waals surface area contributed by atoms with Crippen LogP contribution < -0.4 is 10.6 Å². The highest BCUT2D eigenvalue weighted by Gasteiger charge is 2.04. The molecule has 0 atom stereocenters. The Balaban J connectivity index is 2.46. The zero-order valence-electron chi connectivity index (χ0n) is 7.36. The van der Waals surface area contributed by atoms with Gasteiger partial charge in [-0.1, -0.05) is 18.2 Å². The summed E-state index contributed by atoms with van der Waals surface area (Å²) in [6.07, 6.45) is 0. The number of carbonyl (C=O) groups excluding carboxylic acids is 2. The second-order valence-electron chi connectivity index (χ2n) is 2.53. The first-order chi connectivity index (χ1) is 6.72. The van der Waals surface area contributed by atoms with Crippen LogP contribution in [0.1, 0.15) is 0 Å². The minimum Gasteiger partial charge on any atom is -0.308 e. The van der Waals surface area contributed by atoms with Crippen molar-refractivity contribution in [1.82, 2.24) is 5.32 Å². The molecule has 0 bridgehead atoms. The number of thiol groups is 1. The Morgan fingerprint density at radius 2 is 1.86 bits per heavy atom. The van der Waals surface area contributed by atoms with Gasteiger partial charge >= 0.3 is 6.03 Å². The molecule has 0 aromatic heterocycles. The number of imide groups is 1. The molecule has 0 saturated heterocycles. The zero-order valence-corrected chi connectivity index (χ0v) is 8.25. The third-order valence-electron chi connectivity index (χ3n) is 1.43. The van der Waals surface area contributed by atoms with Gasteiger partial charge in [-0.15, -0.1) is 0 Å². The molecule has 1 aromatic carbocycles.